The average Bonchev–Trinajstić information content (AvgIpc) is 2.62. The second kappa shape index (κ2) is 9.33. The van der Waals surface area contributed by atoms with Crippen LogP contribution >= 0.6 is 0 Å². The first-order chi connectivity index (χ1) is 12.9. The number of carbonyl (C=O) groups is 2. The highest BCUT2D eigenvalue weighted by Crippen LogP contribution is 2.27. The molecule has 0 aliphatic rings. The molecule has 1 atom stereocenters. The first-order valence-electron chi connectivity index (χ1n) is 8.51. The molecule has 2 amide bonds. The van der Waals surface area contributed by atoms with Crippen LogP contribution in [0.1, 0.15) is 26.7 Å². The number of anilines is 2. The van der Waals surface area contributed by atoms with E-state index in [0.29, 0.717) is 17.8 Å². The smallest absolute Gasteiger partial charge is 0.310 e. The van der Waals surface area contributed by atoms with Gasteiger partial charge in [-0.25, -0.2) is 0 Å². The van der Waals surface area contributed by atoms with Crippen LogP contribution in [0.25, 0.3) is 0 Å². The summed E-state index contributed by atoms with van der Waals surface area (Å²) in [5, 5.41) is 16.4. The van der Waals surface area contributed by atoms with Gasteiger partial charge in [-0.15, -0.1) is 0 Å². The van der Waals surface area contributed by atoms with Crippen LogP contribution < -0.4 is 15.4 Å². The number of amides is 2. The standard InChI is InChI=1S/C19H21N3O5/c1-3-7-18(23)20-14-8-6-9-15(12-14)21-19(24)13(2)27-17-11-5-4-10-16(17)22(25)26/h4-6,8-13H,3,7H2,1-2H3,(H,20,23)(H,21,24). The van der Waals surface area contributed by atoms with Gasteiger partial charge in [0.1, 0.15) is 0 Å². The number of ether oxygens (including phenoxy) is 1. The number of para-hydroxylation sites is 2. The van der Waals surface area contributed by atoms with E-state index < -0.39 is 16.9 Å². The van der Waals surface area contributed by atoms with Crippen molar-refractivity contribution < 1.29 is 19.2 Å². The van der Waals surface area contributed by atoms with Crippen LogP contribution in [0.2, 0.25) is 0 Å². The SMILES string of the molecule is CCCC(=O)Nc1cccc(NC(=O)C(C)Oc2ccccc2[N+](=O)[O-])c1. The molecule has 1 unspecified atom stereocenters. The molecule has 27 heavy (non-hydrogen) atoms. The minimum absolute atomic E-state index is 0.0192. The topological polar surface area (TPSA) is 111 Å². The number of nitrogens with one attached hydrogen (secondary N) is 2. The maximum absolute atomic E-state index is 12.3. The molecule has 2 aromatic carbocycles. The van der Waals surface area contributed by atoms with Gasteiger partial charge >= 0.3 is 5.69 Å². The molecule has 2 aromatic rings. The van der Waals surface area contributed by atoms with Crippen LogP contribution in [0.3, 0.4) is 0 Å². The van der Waals surface area contributed by atoms with Crippen molar-refractivity contribution in [2.45, 2.75) is 32.8 Å². The molecule has 0 spiro atoms. The Bertz CT molecular complexity index is 838. The van der Waals surface area contributed by atoms with E-state index in [9.17, 15) is 19.7 Å². The number of benzene rings is 2. The Balaban J connectivity index is 2.02. The summed E-state index contributed by atoms with van der Waals surface area (Å²) < 4.78 is 5.44. The molecule has 2 N–H and O–H groups in total. The Kier molecular flexibility index (Phi) is 6.87. The fraction of sp³-hybridized carbons (Fsp3) is 0.263. The van der Waals surface area contributed by atoms with Gasteiger partial charge in [0, 0.05) is 23.9 Å². The molecule has 0 saturated carbocycles. The first-order valence-corrected chi connectivity index (χ1v) is 8.51. The molecule has 142 valence electrons. The third-order valence-corrected chi connectivity index (χ3v) is 3.63. The Labute approximate surface area is 156 Å². The molecular weight excluding hydrogens is 350 g/mol. The largest absolute Gasteiger partial charge is 0.474 e. The van der Waals surface area contributed by atoms with Crippen LogP contribution in [0.15, 0.2) is 48.5 Å². The lowest BCUT2D eigenvalue weighted by Gasteiger charge is -2.15. The van der Waals surface area contributed by atoms with Gasteiger partial charge in [0.05, 0.1) is 4.92 Å². The van der Waals surface area contributed by atoms with Crippen molar-refractivity contribution in [2.24, 2.45) is 0 Å². The zero-order valence-electron chi connectivity index (χ0n) is 15.1. The van der Waals surface area contributed by atoms with Gasteiger partial charge in [0.15, 0.2) is 11.9 Å². The predicted octanol–water partition coefficient (Wildman–Crippen LogP) is 3.74. The molecule has 0 aliphatic carbocycles. The van der Waals surface area contributed by atoms with E-state index in [2.05, 4.69) is 10.6 Å². The molecule has 0 aromatic heterocycles. The van der Waals surface area contributed by atoms with E-state index in [1.54, 1.807) is 30.3 Å². The molecule has 0 radical (unpaired) electrons. The third kappa shape index (κ3) is 5.81. The van der Waals surface area contributed by atoms with Gasteiger partial charge in [0.2, 0.25) is 5.91 Å². The maximum Gasteiger partial charge on any atom is 0.310 e. The van der Waals surface area contributed by atoms with Crippen LogP contribution in [-0.4, -0.2) is 22.8 Å². The fourth-order valence-electron chi connectivity index (χ4n) is 2.32. The van der Waals surface area contributed by atoms with E-state index >= 15 is 0 Å². The van der Waals surface area contributed by atoms with Crippen molar-refractivity contribution in [3.8, 4) is 5.75 Å². The summed E-state index contributed by atoms with van der Waals surface area (Å²) in [4.78, 5) is 34.5. The van der Waals surface area contributed by atoms with Crippen molar-refractivity contribution in [3.05, 3.63) is 58.6 Å². The van der Waals surface area contributed by atoms with Gasteiger partial charge in [-0.05, 0) is 37.6 Å². The van der Waals surface area contributed by atoms with Crippen LogP contribution in [0.5, 0.6) is 5.75 Å². The number of hydrogen-bond donors (Lipinski definition) is 2. The summed E-state index contributed by atoms with van der Waals surface area (Å²) in [5.41, 5.74) is 0.837. The van der Waals surface area contributed by atoms with Crippen molar-refractivity contribution in [3.63, 3.8) is 0 Å². The number of nitrogens with zero attached hydrogens (tertiary/aromatic N) is 1. The summed E-state index contributed by atoms with van der Waals surface area (Å²) in [5.74, 6) is -0.551. The minimum Gasteiger partial charge on any atom is -0.474 e. The van der Waals surface area contributed by atoms with Crippen LogP contribution in [0.4, 0.5) is 17.1 Å². The van der Waals surface area contributed by atoms with E-state index in [-0.39, 0.29) is 17.3 Å². The van der Waals surface area contributed by atoms with E-state index in [0.717, 1.165) is 6.42 Å². The van der Waals surface area contributed by atoms with Gasteiger partial charge in [-0.1, -0.05) is 25.1 Å². The zero-order valence-corrected chi connectivity index (χ0v) is 15.1. The van der Waals surface area contributed by atoms with E-state index in [1.165, 1.54) is 25.1 Å². The fourth-order valence-corrected chi connectivity index (χ4v) is 2.32. The normalized spacial score (nSPS) is 11.3. The Morgan fingerprint density at radius 3 is 2.44 bits per heavy atom. The van der Waals surface area contributed by atoms with Crippen molar-refractivity contribution in [1.82, 2.24) is 0 Å². The highest BCUT2D eigenvalue weighted by atomic mass is 16.6. The minimum atomic E-state index is -0.954. The van der Waals surface area contributed by atoms with E-state index in [4.69, 9.17) is 4.74 Å². The summed E-state index contributed by atoms with van der Waals surface area (Å²) in [7, 11) is 0. The number of nitro benzene ring substituents is 1. The molecule has 0 saturated heterocycles. The predicted molar refractivity (Wildman–Crippen MR) is 102 cm³/mol. The van der Waals surface area contributed by atoms with Crippen molar-refractivity contribution in [2.75, 3.05) is 10.6 Å². The molecule has 0 fully saturated rings. The lowest BCUT2D eigenvalue weighted by atomic mass is 10.2. The number of hydrogen-bond acceptors (Lipinski definition) is 5. The average molecular weight is 371 g/mol. The van der Waals surface area contributed by atoms with Crippen LogP contribution in [0, 0.1) is 10.1 Å². The second-order valence-corrected chi connectivity index (χ2v) is 5.85. The highest BCUT2D eigenvalue weighted by molar-refractivity contribution is 5.96. The molecule has 8 nitrogen and oxygen atoms in total. The number of rotatable bonds is 8. The quantitative estimate of drug-likeness (QED) is 0.542. The number of nitro groups is 1. The highest BCUT2D eigenvalue weighted by Gasteiger charge is 2.20. The summed E-state index contributed by atoms with van der Waals surface area (Å²) >= 11 is 0. The monoisotopic (exact) mass is 371 g/mol. The molecule has 8 heteroatoms. The number of carbonyl (C=O) groups excluding carboxylic acids is 2. The molecule has 0 aliphatic heterocycles. The zero-order chi connectivity index (χ0) is 19.8. The molecule has 0 heterocycles. The lowest BCUT2D eigenvalue weighted by molar-refractivity contribution is -0.386. The Hall–Kier alpha value is -3.42. The summed E-state index contributed by atoms with van der Waals surface area (Å²) in [6.07, 6.45) is 0.199. The van der Waals surface area contributed by atoms with Gasteiger partial charge in [-0.2, -0.15) is 0 Å². The van der Waals surface area contributed by atoms with Gasteiger partial charge in [0.25, 0.3) is 5.91 Å². The van der Waals surface area contributed by atoms with Gasteiger partial charge < -0.3 is 15.4 Å². The van der Waals surface area contributed by atoms with Gasteiger partial charge in [-0.3, -0.25) is 19.7 Å². The van der Waals surface area contributed by atoms with Crippen molar-refractivity contribution >= 4 is 28.9 Å². The van der Waals surface area contributed by atoms with E-state index in [1.807, 2.05) is 6.92 Å². The maximum atomic E-state index is 12.3. The molecule has 2 rings (SSSR count). The third-order valence-electron chi connectivity index (χ3n) is 3.63. The summed E-state index contributed by atoms with van der Waals surface area (Å²) in [6.45, 7) is 3.41. The lowest BCUT2D eigenvalue weighted by Crippen LogP contribution is -2.30. The van der Waals surface area contributed by atoms with Crippen LogP contribution in [-0.2, 0) is 9.59 Å². The van der Waals surface area contributed by atoms with Crippen molar-refractivity contribution in [1.29, 1.82) is 0 Å². The Morgan fingerprint density at radius 1 is 1.11 bits per heavy atom. The molecular formula is C19H21N3O5. The Morgan fingerprint density at radius 2 is 1.78 bits per heavy atom. The first kappa shape index (κ1) is 19.9. The molecule has 0 bridgehead atoms. The second-order valence-electron chi connectivity index (χ2n) is 5.85. The summed E-state index contributed by atoms with van der Waals surface area (Å²) in [6, 6.07) is 12.6.